The van der Waals surface area contributed by atoms with Crippen LogP contribution in [0.2, 0.25) is 0 Å². The Balaban J connectivity index is 2.39. The van der Waals surface area contributed by atoms with Gasteiger partial charge in [-0.25, -0.2) is 4.68 Å². The van der Waals surface area contributed by atoms with Crippen molar-refractivity contribution in [3.05, 3.63) is 11.9 Å². The molecule has 1 rings (SSSR count). The molecule has 0 saturated heterocycles. The summed E-state index contributed by atoms with van der Waals surface area (Å²) < 4.78 is 1.05. The molecular formula is C9H13N5O4. The monoisotopic (exact) mass is 255 g/mol. The molecule has 1 aromatic heterocycles. The van der Waals surface area contributed by atoms with E-state index in [2.05, 4.69) is 20.9 Å². The third-order valence-corrected chi connectivity index (χ3v) is 1.85. The first-order valence-electron chi connectivity index (χ1n) is 5.13. The van der Waals surface area contributed by atoms with Crippen LogP contribution in [0, 0.1) is 0 Å². The minimum atomic E-state index is -1.07. The van der Waals surface area contributed by atoms with E-state index in [0.717, 1.165) is 4.68 Å². The molecule has 98 valence electrons. The van der Waals surface area contributed by atoms with Crippen molar-refractivity contribution < 1.29 is 19.5 Å². The quantitative estimate of drug-likeness (QED) is 0.516. The van der Waals surface area contributed by atoms with E-state index in [1.807, 2.05) is 0 Å². The number of hydrogen-bond acceptors (Lipinski definition) is 5. The fraction of sp³-hybridized carbons (Fsp3) is 0.444. The maximum atomic E-state index is 11.5. The van der Waals surface area contributed by atoms with E-state index >= 15 is 0 Å². The summed E-state index contributed by atoms with van der Waals surface area (Å²) in [5.74, 6) is -1.73. The normalized spacial score (nSPS) is 9.83. The van der Waals surface area contributed by atoms with Gasteiger partial charge in [-0.05, 0) is 0 Å². The van der Waals surface area contributed by atoms with Crippen LogP contribution in [0.1, 0.15) is 17.4 Å². The minimum Gasteiger partial charge on any atom is -0.480 e. The van der Waals surface area contributed by atoms with Gasteiger partial charge in [0.2, 0.25) is 5.91 Å². The molecule has 0 aliphatic carbocycles. The number of aliphatic carboxylic acids is 1. The Morgan fingerprint density at radius 3 is 2.61 bits per heavy atom. The molecule has 2 amide bonds. The molecule has 0 aliphatic rings. The summed E-state index contributed by atoms with van der Waals surface area (Å²) in [6.07, 6.45) is 1.24. The molecule has 0 fully saturated rings. The number of carbonyl (C=O) groups is 3. The summed E-state index contributed by atoms with van der Waals surface area (Å²) in [5.41, 5.74) is 0.0269. The van der Waals surface area contributed by atoms with Gasteiger partial charge in [0.1, 0.15) is 6.54 Å². The fourth-order valence-corrected chi connectivity index (χ4v) is 1.12. The number of amides is 2. The number of carbonyl (C=O) groups excluding carboxylic acids is 2. The van der Waals surface area contributed by atoms with Crippen molar-refractivity contribution in [1.29, 1.82) is 0 Å². The smallest absolute Gasteiger partial charge is 0.325 e. The van der Waals surface area contributed by atoms with Gasteiger partial charge in [0.05, 0.1) is 6.20 Å². The van der Waals surface area contributed by atoms with Crippen LogP contribution in [0.5, 0.6) is 0 Å². The average molecular weight is 255 g/mol. The molecule has 0 aliphatic heterocycles. The number of aromatic nitrogens is 3. The molecule has 0 saturated carbocycles. The predicted molar refractivity (Wildman–Crippen MR) is 58.7 cm³/mol. The SMILES string of the molecule is CC(=O)NCCNC(=O)c1cn(CC(=O)O)nn1. The van der Waals surface area contributed by atoms with E-state index in [1.54, 1.807) is 0 Å². The van der Waals surface area contributed by atoms with Gasteiger partial charge < -0.3 is 15.7 Å². The summed E-state index contributed by atoms with van der Waals surface area (Å²) in [5, 5.41) is 20.5. The number of carboxylic acid groups (broad SMARTS) is 1. The molecule has 0 atom stereocenters. The lowest BCUT2D eigenvalue weighted by Gasteiger charge is -2.02. The minimum absolute atomic E-state index is 0.0269. The third kappa shape index (κ3) is 4.60. The largest absolute Gasteiger partial charge is 0.480 e. The molecule has 3 N–H and O–H groups in total. The van der Waals surface area contributed by atoms with E-state index in [0.29, 0.717) is 6.54 Å². The van der Waals surface area contributed by atoms with Crippen LogP contribution in [0.4, 0.5) is 0 Å². The van der Waals surface area contributed by atoms with Crippen molar-refractivity contribution in [3.63, 3.8) is 0 Å². The first-order valence-corrected chi connectivity index (χ1v) is 5.13. The summed E-state index contributed by atoms with van der Waals surface area (Å²) in [4.78, 5) is 32.5. The van der Waals surface area contributed by atoms with Crippen molar-refractivity contribution in [3.8, 4) is 0 Å². The second-order valence-electron chi connectivity index (χ2n) is 3.43. The molecular weight excluding hydrogens is 242 g/mol. The van der Waals surface area contributed by atoms with E-state index in [4.69, 9.17) is 5.11 Å². The number of rotatable bonds is 6. The van der Waals surface area contributed by atoms with E-state index in [-0.39, 0.29) is 24.7 Å². The van der Waals surface area contributed by atoms with Gasteiger partial charge in [-0.2, -0.15) is 0 Å². The second kappa shape index (κ2) is 6.33. The maximum absolute atomic E-state index is 11.5. The Hall–Kier alpha value is -2.45. The average Bonchev–Trinajstić information content (AvgIpc) is 2.71. The highest BCUT2D eigenvalue weighted by Gasteiger charge is 2.11. The Morgan fingerprint density at radius 1 is 1.33 bits per heavy atom. The summed E-state index contributed by atoms with van der Waals surface area (Å²) in [7, 11) is 0. The van der Waals surface area contributed by atoms with Gasteiger partial charge in [0, 0.05) is 20.0 Å². The van der Waals surface area contributed by atoms with Crippen LogP contribution in [0.3, 0.4) is 0 Å². The molecule has 1 heterocycles. The van der Waals surface area contributed by atoms with Crippen LogP contribution >= 0.6 is 0 Å². The van der Waals surface area contributed by atoms with Crippen molar-refractivity contribution in [2.75, 3.05) is 13.1 Å². The van der Waals surface area contributed by atoms with Crippen LogP contribution in [-0.2, 0) is 16.1 Å². The highest BCUT2D eigenvalue weighted by molar-refractivity contribution is 5.91. The fourth-order valence-electron chi connectivity index (χ4n) is 1.12. The standard InChI is InChI=1S/C9H13N5O4/c1-6(15)10-2-3-11-9(18)7-4-14(13-12-7)5-8(16)17/h4H,2-3,5H2,1H3,(H,10,15)(H,11,18)(H,16,17). The van der Waals surface area contributed by atoms with Gasteiger partial charge in [-0.1, -0.05) is 5.21 Å². The topological polar surface area (TPSA) is 126 Å². The van der Waals surface area contributed by atoms with Crippen LogP contribution in [0.15, 0.2) is 6.20 Å². The van der Waals surface area contributed by atoms with Crippen LogP contribution < -0.4 is 10.6 Å². The molecule has 0 radical (unpaired) electrons. The second-order valence-corrected chi connectivity index (χ2v) is 3.43. The first kappa shape index (κ1) is 13.6. The number of nitrogens with zero attached hydrogens (tertiary/aromatic N) is 3. The molecule has 0 bridgehead atoms. The van der Waals surface area contributed by atoms with Gasteiger partial charge in [-0.3, -0.25) is 14.4 Å². The van der Waals surface area contributed by atoms with Crippen LogP contribution in [-0.4, -0.2) is 51.0 Å². The van der Waals surface area contributed by atoms with Crippen molar-refractivity contribution in [1.82, 2.24) is 25.6 Å². The lowest BCUT2D eigenvalue weighted by molar-refractivity contribution is -0.137. The third-order valence-electron chi connectivity index (χ3n) is 1.85. The Labute approximate surface area is 102 Å². The van der Waals surface area contributed by atoms with Crippen molar-refractivity contribution in [2.24, 2.45) is 0 Å². The van der Waals surface area contributed by atoms with Gasteiger partial charge in [0.25, 0.3) is 5.91 Å². The van der Waals surface area contributed by atoms with Crippen molar-refractivity contribution in [2.45, 2.75) is 13.5 Å². The zero-order valence-corrected chi connectivity index (χ0v) is 9.71. The summed E-state index contributed by atoms with van der Waals surface area (Å²) in [6, 6.07) is 0. The molecule has 1 aromatic rings. The van der Waals surface area contributed by atoms with Crippen molar-refractivity contribution >= 4 is 17.8 Å². The summed E-state index contributed by atoms with van der Waals surface area (Å²) >= 11 is 0. The Bertz CT molecular complexity index is 456. The predicted octanol–water partition coefficient (Wildman–Crippen LogP) is -1.77. The molecule has 9 heteroatoms. The maximum Gasteiger partial charge on any atom is 0.325 e. The molecule has 0 unspecified atom stereocenters. The van der Waals surface area contributed by atoms with E-state index < -0.39 is 11.9 Å². The zero-order chi connectivity index (χ0) is 13.5. The number of carboxylic acids is 1. The Kier molecular flexibility index (Phi) is 4.78. The number of hydrogen-bond donors (Lipinski definition) is 3. The van der Waals surface area contributed by atoms with Gasteiger partial charge in [0.15, 0.2) is 5.69 Å². The molecule has 18 heavy (non-hydrogen) atoms. The zero-order valence-electron chi connectivity index (χ0n) is 9.71. The summed E-state index contributed by atoms with van der Waals surface area (Å²) in [6.45, 7) is 1.58. The first-order chi connectivity index (χ1) is 8.49. The van der Waals surface area contributed by atoms with Gasteiger partial charge in [-0.15, -0.1) is 5.10 Å². The molecule has 0 aromatic carbocycles. The van der Waals surface area contributed by atoms with E-state index in [9.17, 15) is 14.4 Å². The van der Waals surface area contributed by atoms with E-state index in [1.165, 1.54) is 13.1 Å². The number of nitrogens with one attached hydrogen (secondary N) is 2. The van der Waals surface area contributed by atoms with Crippen LogP contribution in [0.25, 0.3) is 0 Å². The van der Waals surface area contributed by atoms with Gasteiger partial charge >= 0.3 is 5.97 Å². The lowest BCUT2D eigenvalue weighted by Crippen LogP contribution is -2.33. The lowest BCUT2D eigenvalue weighted by atomic mass is 10.4. The highest BCUT2D eigenvalue weighted by atomic mass is 16.4. The molecule has 9 nitrogen and oxygen atoms in total. The highest BCUT2D eigenvalue weighted by Crippen LogP contribution is 1.92. The molecule has 0 spiro atoms. The Morgan fingerprint density at radius 2 is 2.00 bits per heavy atom.